The molecule has 1 heterocycles. The van der Waals surface area contributed by atoms with Gasteiger partial charge in [-0.25, -0.2) is 4.79 Å². The topological polar surface area (TPSA) is 52.6 Å². The lowest BCUT2D eigenvalue weighted by atomic mass is 10.0. The summed E-state index contributed by atoms with van der Waals surface area (Å²) in [6, 6.07) is 15.3. The quantitative estimate of drug-likeness (QED) is 0.268. The van der Waals surface area contributed by atoms with Crippen molar-refractivity contribution in [2.45, 2.75) is 13.8 Å². The van der Waals surface area contributed by atoms with Gasteiger partial charge in [0.05, 0.1) is 11.1 Å². The van der Waals surface area contributed by atoms with E-state index in [1.54, 1.807) is 55.5 Å². The molecule has 3 aromatic rings. The highest BCUT2D eigenvalue weighted by Crippen LogP contribution is 2.38. The fourth-order valence-electron chi connectivity index (χ4n) is 3.23. The zero-order valence-corrected chi connectivity index (χ0v) is 17.7. The van der Waals surface area contributed by atoms with Gasteiger partial charge in [-0.15, -0.1) is 0 Å². The minimum Gasteiger partial charge on any atom is -0.452 e. The summed E-state index contributed by atoms with van der Waals surface area (Å²) in [4.78, 5) is 25.3. The van der Waals surface area contributed by atoms with E-state index in [2.05, 4.69) is 0 Å². The van der Waals surface area contributed by atoms with Crippen molar-refractivity contribution in [3.8, 4) is 11.5 Å². The van der Waals surface area contributed by atoms with Crippen LogP contribution in [0.3, 0.4) is 0 Å². The van der Waals surface area contributed by atoms with Gasteiger partial charge >= 0.3 is 5.97 Å². The predicted molar refractivity (Wildman–Crippen MR) is 117 cm³/mol. The Labute approximate surface area is 183 Å². The van der Waals surface area contributed by atoms with Crippen molar-refractivity contribution in [3.63, 3.8) is 0 Å². The van der Waals surface area contributed by atoms with Gasteiger partial charge in [-0.3, -0.25) is 4.79 Å². The van der Waals surface area contributed by atoms with Crippen molar-refractivity contribution in [1.82, 2.24) is 0 Å². The van der Waals surface area contributed by atoms with E-state index in [4.69, 9.17) is 32.7 Å². The molecule has 0 amide bonds. The zero-order valence-electron chi connectivity index (χ0n) is 16.2. The van der Waals surface area contributed by atoms with Crippen LogP contribution in [0.1, 0.15) is 37.4 Å². The van der Waals surface area contributed by atoms with Crippen molar-refractivity contribution in [3.05, 3.63) is 98.2 Å². The number of carbonyl (C=O) groups excluding carboxylic acids is 2. The van der Waals surface area contributed by atoms with Crippen molar-refractivity contribution >= 4 is 41.0 Å². The van der Waals surface area contributed by atoms with Gasteiger partial charge in [0, 0.05) is 16.1 Å². The molecule has 0 saturated carbocycles. The number of carbonyl (C=O) groups is 2. The molecule has 4 nitrogen and oxygen atoms in total. The number of rotatable bonds is 3. The minimum absolute atomic E-state index is 0.138. The van der Waals surface area contributed by atoms with Crippen LogP contribution >= 0.6 is 23.2 Å². The number of halogens is 2. The number of benzene rings is 3. The van der Waals surface area contributed by atoms with E-state index in [1.807, 2.05) is 13.0 Å². The summed E-state index contributed by atoms with van der Waals surface area (Å²) < 4.78 is 11.3. The Morgan fingerprint density at radius 1 is 1.03 bits per heavy atom. The van der Waals surface area contributed by atoms with Crippen LogP contribution in [0.4, 0.5) is 0 Å². The van der Waals surface area contributed by atoms with Crippen molar-refractivity contribution in [2.75, 3.05) is 0 Å². The largest absolute Gasteiger partial charge is 0.452 e. The zero-order chi connectivity index (χ0) is 21.4. The smallest absolute Gasteiger partial charge is 0.343 e. The van der Waals surface area contributed by atoms with Gasteiger partial charge in [0.2, 0.25) is 5.78 Å². The molecule has 0 aromatic heterocycles. The van der Waals surface area contributed by atoms with Crippen molar-refractivity contribution in [2.24, 2.45) is 0 Å². The number of aryl methyl sites for hydroxylation is 2. The highest BCUT2D eigenvalue weighted by atomic mass is 35.5. The van der Waals surface area contributed by atoms with Gasteiger partial charge in [0.1, 0.15) is 11.5 Å². The van der Waals surface area contributed by atoms with E-state index in [0.717, 1.165) is 5.56 Å². The molecule has 1 aliphatic rings. The van der Waals surface area contributed by atoms with Crippen LogP contribution in [0.2, 0.25) is 10.0 Å². The monoisotopic (exact) mass is 438 g/mol. The maximum atomic E-state index is 12.8. The van der Waals surface area contributed by atoms with Crippen LogP contribution in [-0.4, -0.2) is 11.8 Å². The number of ketones is 1. The predicted octanol–water partition coefficient (Wildman–Crippen LogP) is 6.45. The van der Waals surface area contributed by atoms with Gasteiger partial charge in [-0.05, 0) is 61.4 Å². The second kappa shape index (κ2) is 7.98. The molecule has 0 aliphatic carbocycles. The standard InChI is InChI=1S/C24H16Cl2O4/c1-13-4-3-5-16(8-13)24(28)29-18-9-14(2)22-20(12-18)30-21(23(22)27)10-15-6-7-17(25)11-19(15)26/h3-12H,1-2H3/b21-10-. The maximum Gasteiger partial charge on any atom is 0.343 e. The molecule has 0 radical (unpaired) electrons. The Hall–Kier alpha value is -3.08. The molecule has 0 fully saturated rings. The third-order valence-corrected chi connectivity index (χ3v) is 5.22. The summed E-state index contributed by atoms with van der Waals surface area (Å²) in [7, 11) is 0. The van der Waals surface area contributed by atoms with E-state index in [1.165, 1.54) is 6.07 Å². The number of hydrogen-bond acceptors (Lipinski definition) is 4. The SMILES string of the molecule is Cc1cccc(C(=O)Oc2cc(C)c3c(c2)O/C(=C\c2ccc(Cl)cc2Cl)C3=O)c1. The van der Waals surface area contributed by atoms with Crippen LogP contribution in [-0.2, 0) is 0 Å². The van der Waals surface area contributed by atoms with Gasteiger partial charge in [-0.2, -0.15) is 0 Å². The summed E-state index contributed by atoms with van der Waals surface area (Å²) in [5.74, 6) is 0.0374. The first-order chi connectivity index (χ1) is 14.3. The van der Waals surface area contributed by atoms with E-state index in [-0.39, 0.29) is 11.5 Å². The van der Waals surface area contributed by atoms with E-state index in [0.29, 0.717) is 43.8 Å². The first-order valence-electron chi connectivity index (χ1n) is 9.14. The molecule has 1 aliphatic heterocycles. The molecule has 4 rings (SSSR count). The molecule has 0 saturated heterocycles. The third-order valence-electron chi connectivity index (χ3n) is 4.66. The highest BCUT2D eigenvalue weighted by Gasteiger charge is 2.30. The Morgan fingerprint density at radius 3 is 2.57 bits per heavy atom. The Bertz CT molecular complexity index is 1230. The summed E-state index contributed by atoms with van der Waals surface area (Å²) in [6.07, 6.45) is 1.57. The third kappa shape index (κ3) is 3.97. The number of hydrogen-bond donors (Lipinski definition) is 0. The molecule has 0 unspecified atom stereocenters. The summed E-state index contributed by atoms with van der Waals surface area (Å²) in [5.41, 5.74) is 3.10. The van der Waals surface area contributed by atoms with Crippen LogP contribution in [0.5, 0.6) is 11.5 Å². The number of Topliss-reactive ketones (excluding diaryl/α,β-unsaturated/α-hetero) is 1. The highest BCUT2D eigenvalue weighted by molar-refractivity contribution is 6.35. The molecule has 3 aromatic carbocycles. The van der Waals surface area contributed by atoms with E-state index >= 15 is 0 Å². The fourth-order valence-corrected chi connectivity index (χ4v) is 3.70. The fraction of sp³-hybridized carbons (Fsp3) is 0.0833. The average molecular weight is 439 g/mol. The lowest BCUT2D eigenvalue weighted by Gasteiger charge is -2.08. The van der Waals surface area contributed by atoms with Crippen LogP contribution in [0, 0.1) is 13.8 Å². The molecule has 6 heteroatoms. The number of fused-ring (bicyclic) bond motifs is 1. The molecule has 30 heavy (non-hydrogen) atoms. The van der Waals surface area contributed by atoms with Crippen LogP contribution in [0.25, 0.3) is 6.08 Å². The second-order valence-electron chi connectivity index (χ2n) is 6.98. The minimum atomic E-state index is -0.480. The Balaban J connectivity index is 1.62. The molecular formula is C24H16Cl2O4. The summed E-state index contributed by atoms with van der Waals surface area (Å²) >= 11 is 12.1. The number of esters is 1. The number of ether oxygens (including phenoxy) is 2. The molecular weight excluding hydrogens is 423 g/mol. The molecule has 0 atom stereocenters. The molecule has 150 valence electrons. The van der Waals surface area contributed by atoms with Gasteiger partial charge in [0.25, 0.3) is 0 Å². The summed E-state index contributed by atoms with van der Waals surface area (Å²) in [6.45, 7) is 3.67. The first-order valence-corrected chi connectivity index (χ1v) is 9.90. The molecule has 0 spiro atoms. The van der Waals surface area contributed by atoms with E-state index in [9.17, 15) is 9.59 Å². The van der Waals surface area contributed by atoms with Gasteiger partial charge in [0.15, 0.2) is 5.76 Å². The number of allylic oxidation sites excluding steroid dienone is 1. The van der Waals surface area contributed by atoms with Crippen LogP contribution in [0.15, 0.2) is 60.4 Å². The van der Waals surface area contributed by atoms with Crippen LogP contribution < -0.4 is 9.47 Å². The van der Waals surface area contributed by atoms with Gasteiger partial charge < -0.3 is 9.47 Å². The lowest BCUT2D eigenvalue weighted by Crippen LogP contribution is -2.09. The average Bonchev–Trinajstić information content (AvgIpc) is 2.99. The Morgan fingerprint density at radius 2 is 1.83 bits per heavy atom. The van der Waals surface area contributed by atoms with Crippen molar-refractivity contribution < 1.29 is 19.1 Å². The molecule has 0 bridgehead atoms. The summed E-state index contributed by atoms with van der Waals surface area (Å²) in [5, 5.41) is 0.909. The maximum absolute atomic E-state index is 12.8. The second-order valence-corrected chi connectivity index (χ2v) is 7.82. The van der Waals surface area contributed by atoms with E-state index < -0.39 is 5.97 Å². The van der Waals surface area contributed by atoms with Gasteiger partial charge in [-0.1, -0.05) is 47.0 Å². The lowest BCUT2D eigenvalue weighted by molar-refractivity contribution is 0.0734. The molecule has 0 N–H and O–H groups in total. The Kier molecular flexibility index (Phi) is 5.37. The first kappa shape index (κ1) is 20.2. The van der Waals surface area contributed by atoms with Crippen molar-refractivity contribution in [1.29, 1.82) is 0 Å². The normalized spacial score (nSPS) is 13.9.